The second-order valence-electron chi connectivity index (χ2n) is 4.80. The Morgan fingerprint density at radius 2 is 2.05 bits per heavy atom. The number of nitrogens with zero attached hydrogens (tertiary/aromatic N) is 1. The maximum atomic E-state index is 12.1. The van der Waals surface area contributed by atoms with Gasteiger partial charge < -0.3 is 15.2 Å². The summed E-state index contributed by atoms with van der Waals surface area (Å²) in [5, 5.41) is 22.4. The van der Waals surface area contributed by atoms with Gasteiger partial charge in [-0.2, -0.15) is 14.0 Å². The van der Waals surface area contributed by atoms with Crippen LogP contribution in [0.3, 0.4) is 0 Å². The predicted octanol–water partition coefficient (Wildman–Crippen LogP) is 2.61. The van der Waals surface area contributed by atoms with Gasteiger partial charge in [0.15, 0.2) is 5.76 Å². The number of aliphatic hydroxyl groups excluding tert-OH is 1. The van der Waals surface area contributed by atoms with E-state index in [1.54, 1.807) is 0 Å². The molecule has 0 aromatic rings. The fourth-order valence-corrected chi connectivity index (χ4v) is 2.66. The van der Waals surface area contributed by atoms with Crippen molar-refractivity contribution in [2.45, 2.75) is 32.3 Å². The smallest absolute Gasteiger partial charge is 0.387 e. The summed E-state index contributed by atoms with van der Waals surface area (Å²) in [7, 11) is 0. The Hall–Kier alpha value is -1.61. The maximum Gasteiger partial charge on any atom is 0.387 e. The molecular weight excluding hydrogens is 254 g/mol. The molecule has 4 nitrogen and oxygen atoms in total. The lowest BCUT2D eigenvalue weighted by molar-refractivity contribution is -0.102. The summed E-state index contributed by atoms with van der Waals surface area (Å²) in [5.74, 6) is -0.379. The highest BCUT2D eigenvalue weighted by Crippen LogP contribution is 2.42. The number of aliphatic hydroxyl groups is 1. The van der Waals surface area contributed by atoms with Crippen LogP contribution in [0.25, 0.3) is 0 Å². The fourth-order valence-electron chi connectivity index (χ4n) is 2.66. The normalized spacial score (nSPS) is 22.9. The van der Waals surface area contributed by atoms with Gasteiger partial charge in [0.05, 0.1) is 11.5 Å². The molecule has 1 saturated heterocycles. The quantitative estimate of drug-likeness (QED) is 0.827. The molecule has 1 aliphatic heterocycles. The molecule has 2 N–H and O–H groups in total. The van der Waals surface area contributed by atoms with Gasteiger partial charge in [-0.15, -0.1) is 0 Å². The van der Waals surface area contributed by atoms with Crippen molar-refractivity contribution in [2.75, 3.05) is 13.1 Å². The molecule has 2 aliphatic rings. The van der Waals surface area contributed by atoms with Gasteiger partial charge in [0.2, 0.25) is 0 Å². The lowest BCUT2D eigenvalue weighted by Crippen LogP contribution is -2.37. The minimum atomic E-state index is -2.93. The zero-order valence-electron chi connectivity index (χ0n) is 10.5. The van der Waals surface area contributed by atoms with Gasteiger partial charge in [0, 0.05) is 6.42 Å². The molecule has 0 saturated carbocycles. The van der Waals surface area contributed by atoms with Gasteiger partial charge in [0.1, 0.15) is 5.76 Å². The molecule has 104 valence electrons. The highest BCUT2D eigenvalue weighted by atomic mass is 19.3. The van der Waals surface area contributed by atoms with Crippen LogP contribution in [0.2, 0.25) is 0 Å². The number of hydrogen-bond donors (Lipinski definition) is 2. The van der Waals surface area contributed by atoms with Crippen molar-refractivity contribution in [1.29, 1.82) is 5.26 Å². The van der Waals surface area contributed by atoms with E-state index in [1.165, 1.54) is 6.08 Å². The Labute approximate surface area is 110 Å². The van der Waals surface area contributed by atoms with Crippen molar-refractivity contribution in [2.24, 2.45) is 5.41 Å². The van der Waals surface area contributed by atoms with Crippen LogP contribution >= 0.6 is 0 Å². The number of hydrogen-bond acceptors (Lipinski definition) is 4. The van der Waals surface area contributed by atoms with E-state index in [-0.39, 0.29) is 17.9 Å². The van der Waals surface area contributed by atoms with Gasteiger partial charge in [-0.05, 0) is 44.0 Å². The van der Waals surface area contributed by atoms with E-state index in [1.807, 2.05) is 0 Å². The summed E-state index contributed by atoms with van der Waals surface area (Å²) >= 11 is 0. The van der Waals surface area contributed by atoms with Gasteiger partial charge in [0.25, 0.3) is 0 Å². The Bertz CT molecular complexity index is 446. The van der Waals surface area contributed by atoms with E-state index in [9.17, 15) is 19.1 Å². The summed E-state index contributed by atoms with van der Waals surface area (Å²) in [6.07, 6.45) is 3.45. The number of alkyl halides is 2. The van der Waals surface area contributed by atoms with Crippen LogP contribution in [0.15, 0.2) is 23.2 Å². The van der Waals surface area contributed by atoms with E-state index in [2.05, 4.69) is 16.1 Å². The first-order valence-electron chi connectivity index (χ1n) is 6.27. The van der Waals surface area contributed by atoms with Crippen LogP contribution in [-0.4, -0.2) is 24.8 Å². The molecule has 1 heterocycles. The second-order valence-corrected chi connectivity index (χ2v) is 4.80. The van der Waals surface area contributed by atoms with Crippen molar-refractivity contribution < 1.29 is 18.6 Å². The zero-order valence-corrected chi connectivity index (χ0v) is 10.5. The first kappa shape index (κ1) is 13.8. The molecule has 0 atom stereocenters. The summed E-state index contributed by atoms with van der Waals surface area (Å²) in [6, 6.07) is 2.33. The number of nitriles is 1. The third-order valence-corrected chi connectivity index (χ3v) is 3.74. The van der Waals surface area contributed by atoms with Crippen LogP contribution < -0.4 is 5.32 Å². The number of nitrogens with one attached hydrogen (secondary N) is 1. The predicted molar refractivity (Wildman–Crippen MR) is 64.2 cm³/mol. The summed E-state index contributed by atoms with van der Waals surface area (Å²) < 4.78 is 28.5. The third kappa shape index (κ3) is 2.87. The summed E-state index contributed by atoms with van der Waals surface area (Å²) in [6.45, 7) is -1.44. The Morgan fingerprint density at radius 3 is 2.58 bits per heavy atom. The minimum Gasteiger partial charge on any atom is -0.504 e. The molecule has 0 spiro atoms. The number of allylic oxidation sites excluding steroid dienone is 3. The minimum absolute atomic E-state index is 0.0965. The van der Waals surface area contributed by atoms with Gasteiger partial charge in [-0.3, -0.25) is 0 Å². The Morgan fingerprint density at radius 1 is 1.37 bits per heavy atom. The van der Waals surface area contributed by atoms with E-state index >= 15 is 0 Å². The molecule has 0 aromatic carbocycles. The number of piperidine rings is 1. The topological polar surface area (TPSA) is 65.3 Å². The first-order valence-corrected chi connectivity index (χ1v) is 6.27. The molecule has 6 heteroatoms. The maximum absolute atomic E-state index is 12.1. The molecule has 1 fully saturated rings. The second kappa shape index (κ2) is 5.57. The number of rotatable bonds is 3. The molecule has 0 aromatic heterocycles. The van der Waals surface area contributed by atoms with E-state index < -0.39 is 12.0 Å². The summed E-state index contributed by atoms with van der Waals surface area (Å²) in [5.41, 5.74) is 0.228. The van der Waals surface area contributed by atoms with E-state index in [0.717, 1.165) is 18.7 Å². The lowest BCUT2D eigenvalue weighted by Gasteiger charge is -2.35. The van der Waals surface area contributed by atoms with Crippen molar-refractivity contribution in [3.05, 3.63) is 23.2 Å². The molecule has 1 aliphatic carbocycles. The molecule has 0 unspecified atom stereocenters. The Kier molecular flexibility index (Phi) is 4.05. The number of halogens is 2. The third-order valence-electron chi connectivity index (χ3n) is 3.74. The van der Waals surface area contributed by atoms with E-state index in [4.69, 9.17) is 0 Å². The van der Waals surface area contributed by atoms with E-state index in [0.29, 0.717) is 19.3 Å². The highest BCUT2D eigenvalue weighted by Gasteiger charge is 2.37. The number of ether oxygens (including phenoxy) is 1. The van der Waals surface area contributed by atoms with Gasteiger partial charge >= 0.3 is 6.61 Å². The van der Waals surface area contributed by atoms with Crippen molar-refractivity contribution >= 4 is 0 Å². The van der Waals surface area contributed by atoms with Crippen LogP contribution in [0.4, 0.5) is 8.78 Å². The fraction of sp³-hybridized carbons (Fsp3) is 0.615. The van der Waals surface area contributed by atoms with Crippen molar-refractivity contribution in [1.82, 2.24) is 5.32 Å². The molecule has 0 radical (unpaired) electrons. The highest BCUT2D eigenvalue weighted by molar-refractivity contribution is 5.35. The summed E-state index contributed by atoms with van der Waals surface area (Å²) in [4.78, 5) is 0. The zero-order chi connectivity index (χ0) is 13.9. The standard InChI is InChI=1S/C13H16F2N2O2/c14-12(15)19-11-2-1-9(7-10(11)18)13(8-16)3-5-17-6-4-13/h7,12,17-18H,1-6H2. The van der Waals surface area contributed by atoms with Gasteiger partial charge in [-0.25, -0.2) is 0 Å². The molecule has 19 heavy (non-hydrogen) atoms. The molecule has 0 amide bonds. The molecule has 2 rings (SSSR count). The largest absolute Gasteiger partial charge is 0.504 e. The molecular formula is C13H16F2N2O2. The van der Waals surface area contributed by atoms with Gasteiger partial charge in [-0.1, -0.05) is 0 Å². The average Bonchev–Trinajstić information content (AvgIpc) is 2.41. The SMILES string of the molecule is N#CC1(C2=CC(O)=C(OC(F)F)CC2)CCNCC1. The van der Waals surface area contributed by atoms with Crippen molar-refractivity contribution in [3.8, 4) is 6.07 Å². The lowest BCUT2D eigenvalue weighted by atomic mass is 9.71. The molecule has 0 bridgehead atoms. The van der Waals surface area contributed by atoms with Crippen LogP contribution in [0.5, 0.6) is 0 Å². The van der Waals surface area contributed by atoms with Crippen LogP contribution in [0, 0.1) is 16.7 Å². The Balaban J connectivity index is 2.22. The monoisotopic (exact) mass is 270 g/mol. The van der Waals surface area contributed by atoms with Crippen LogP contribution in [-0.2, 0) is 4.74 Å². The van der Waals surface area contributed by atoms with Crippen LogP contribution in [0.1, 0.15) is 25.7 Å². The average molecular weight is 270 g/mol. The first-order chi connectivity index (χ1) is 9.07. The van der Waals surface area contributed by atoms with Crippen molar-refractivity contribution in [3.63, 3.8) is 0 Å².